The van der Waals surface area contributed by atoms with E-state index in [1.807, 2.05) is 0 Å². The highest BCUT2D eigenvalue weighted by molar-refractivity contribution is 7.44. The summed E-state index contributed by atoms with van der Waals surface area (Å²) < 4.78 is 21.5. The molecule has 0 saturated heterocycles. The van der Waals surface area contributed by atoms with Gasteiger partial charge in [-0.1, -0.05) is 19.6 Å². The van der Waals surface area contributed by atoms with Crippen LogP contribution < -0.4 is 0 Å². The Bertz CT molecular complexity index is 153. The summed E-state index contributed by atoms with van der Waals surface area (Å²) in [4.78, 5) is 0. The summed E-state index contributed by atoms with van der Waals surface area (Å²) in [6.45, 7) is 6.58. The SMILES string of the molecule is CO[Si](CP=O)(OC)[Si](C)(C)C. The molecule has 0 unspecified atom stereocenters. The minimum absolute atomic E-state index is 0.137. The van der Waals surface area contributed by atoms with E-state index in [9.17, 15) is 4.57 Å². The molecule has 0 aromatic carbocycles. The fraction of sp³-hybridized carbons (Fsp3) is 1.00. The standard InChI is InChI=1S/C6H17O3PSi2/c1-8-12(9-2,6-10-7)11(3,4)5/h6H2,1-5H3. The molecule has 0 amide bonds. The van der Waals surface area contributed by atoms with Gasteiger partial charge in [0.05, 0.1) is 5.79 Å². The molecule has 0 N–H and O–H groups in total. The molecule has 0 atom stereocenters. The molecular weight excluding hydrogens is 207 g/mol. The zero-order chi connectivity index (χ0) is 9.83. The summed E-state index contributed by atoms with van der Waals surface area (Å²) in [6, 6.07) is 0. The van der Waals surface area contributed by atoms with E-state index in [1.54, 1.807) is 14.2 Å². The van der Waals surface area contributed by atoms with Crippen LogP contribution in [-0.4, -0.2) is 35.7 Å². The van der Waals surface area contributed by atoms with Gasteiger partial charge in [0.25, 0.3) is 0 Å². The van der Waals surface area contributed by atoms with Crippen molar-refractivity contribution in [3.63, 3.8) is 0 Å². The largest absolute Gasteiger partial charge is 0.400 e. The third-order valence-corrected chi connectivity index (χ3v) is 17.4. The van der Waals surface area contributed by atoms with Crippen molar-refractivity contribution in [2.75, 3.05) is 20.0 Å². The van der Waals surface area contributed by atoms with Crippen LogP contribution in [0.4, 0.5) is 0 Å². The molecule has 0 aliphatic rings. The molecule has 0 saturated carbocycles. The highest BCUT2D eigenvalue weighted by Gasteiger charge is 2.49. The Balaban J connectivity index is 4.68. The van der Waals surface area contributed by atoms with E-state index >= 15 is 0 Å². The number of rotatable bonds is 5. The van der Waals surface area contributed by atoms with Crippen LogP contribution in [0.1, 0.15) is 0 Å². The second-order valence-electron chi connectivity index (χ2n) is 3.70. The third kappa shape index (κ3) is 2.47. The fourth-order valence-corrected chi connectivity index (χ4v) is 14.7. The van der Waals surface area contributed by atoms with E-state index in [0.717, 1.165) is 0 Å². The molecule has 0 aliphatic carbocycles. The maximum absolute atomic E-state index is 10.6. The second-order valence-corrected chi connectivity index (χ2v) is 18.8. The lowest BCUT2D eigenvalue weighted by Crippen LogP contribution is -2.62. The Morgan fingerprint density at radius 3 is 1.67 bits per heavy atom. The molecule has 3 nitrogen and oxygen atoms in total. The zero-order valence-corrected chi connectivity index (χ0v) is 11.3. The maximum atomic E-state index is 10.6. The molecule has 0 aromatic heterocycles. The van der Waals surface area contributed by atoms with E-state index < -0.39 is 15.7 Å². The highest BCUT2D eigenvalue weighted by Crippen LogP contribution is 2.23. The first-order valence-electron chi connectivity index (χ1n) is 3.83. The molecule has 72 valence electrons. The van der Waals surface area contributed by atoms with Gasteiger partial charge in [0.15, 0.2) is 8.46 Å². The van der Waals surface area contributed by atoms with Crippen LogP contribution in [0.3, 0.4) is 0 Å². The predicted molar refractivity (Wildman–Crippen MR) is 55.6 cm³/mol. The van der Waals surface area contributed by atoms with E-state index in [-0.39, 0.29) is 8.46 Å². The van der Waals surface area contributed by atoms with Crippen LogP contribution in [0.5, 0.6) is 0 Å². The third-order valence-electron chi connectivity index (χ3n) is 2.07. The quantitative estimate of drug-likeness (QED) is 0.529. The van der Waals surface area contributed by atoms with Crippen molar-refractivity contribution in [3.05, 3.63) is 0 Å². The van der Waals surface area contributed by atoms with Crippen molar-refractivity contribution in [1.29, 1.82) is 0 Å². The molecule has 0 fully saturated rings. The smallest absolute Gasteiger partial charge is 0.326 e. The van der Waals surface area contributed by atoms with Crippen molar-refractivity contribution in [3.8, 4) is 0 Å². The van der Waals surface area contributed by atoms with E-state index in [1.165, 1.54) is 0 Å². The minimum atomic E-state index is -2.13. The van der Waals surface area contributed by atoms with Crippen LogP contribution in [0.2, 0.25) is 19.6 Å². The van der Waals surface area contributed by atoms with Gasteiger partial charge in [-0.2, -0.15) is 0 Å². The van der Waals surface area contributed by atoms with Crippen molar-refractivity contribution >= 4 is 24.1 Å². The topological polar surface area (TPSA) is 35.5 Å². The van der Waals surface area contributed by atoms with Gasteiger partial charge >= 0.3 is 8.08 Å². The van der Waals surface area contributed by atoms with Gasteiger partial charge in [0, 0.05) is 14.2 Å². The van der Waals surface area contributed by atoms with Gasteiger partial charge in [-0.05, 0) is 0 Å². The van der Waals surface area contributed by atoms with Crippen molar-refractivity contribution < 1.29 is 13.4 Å². The van der Waals surface area contributed by atoms with Crippen LogP contribution in [-0.2, 0) is 13.4 Å². The average Bonchev–Trinajstić information content (AvgIpc) is 1.98. The lowest BCUT2D eigenvalue weighted by Gasteiger charge is -2.35. The zero-order valence-electron chi connectivity index (χ0n) is 8.38. The van der Waals surface area contributed by atoms with Crippen LogP contribution in [0.15, 0.2) is 0 Å². The highest BCUT2D eigenvalue weighted by atomic mass is 31.1. The van der Waals surface area contributed by atoms with E-state index in [0.29, 0.717) is 5.79 Å². The van der Waals surface area contributed by atoms with Gasteiger partial charge in [0.2, 0.25) is 0 Å². The molecule has 6 heteroatoms. The Morgan fingerprint density at radius 2 is 1.58 bits per heavy atom. The molecule has 0 aromatic rings. The van der Waals surface area contributed by atoms with Crippen molar-refractivity contribution in [2.24, 2.45) is 0 Å². The van der Waals surface area contributed by atoms with Gasteiger partial charge in [-0.3, -0.25) is 4.57 Å². The summed E-state index contributed by atoms with van der Waals surface area (Å²) in [5.74, 6) is 0.551. The number of hydrogen-bond donors (Lipinski definition) is 0. The minimum Gasteiger partial charge on any atom is -0.400 e. The van der Waals surface area contributed by atoms with Crippen molar-refractivity contribution in [1.82, 2.24) is 0 Å². The summed E-state index contributed by atoms with van der Waals surface area (Å²) in [5, 5.41) is 0. The van der Waals surface area contributed by atoms with Crippen LogP contribution in [0.25, 0.3) is 0 Å². The molecule has 0 spiro atoms. The molecule has 0 rings (SSSR count). The van der Waals surface area contributed by atoms with Gasteiger partial charge in [0.1, 0.15) is 7.59 Å². The van der Waals surface area contributed by atoms with Crippen molar-refractivity contribution in [2.45, 2.75) is 19.6 Å². The van der Waals surface area contributed by atoms with Gasteiger partial charge in [-0.15, -0.1) is 0 Å². The summed E-state index contributed by atoms with van der Waals surface area (Å²) in [5.41, 5.74) is 0. The molecule has 0 radical (unpaired) electrons. The molecule has 0 aliphatic heterocycles. The Morgan fingerprint density at radius 1 is 1.17 bits per heavy atom. The molecule has 0 bridgehead atoms. The Hall–Kier alpha value is 0.454. The summed E-state index contributed by atoms with van der Waals surface area (Å²) in [6.07, 6.45) is 0. The fourth-order valence-electron chi connectivity index (χ4n) is 1.15. The first-order chi connectivity index (χ1) is 5.43. The Labute approximate surface area is 77.7 Å². The van der Waals surface area contributed by atoms with Crippen LogP contribution in [0, 0.1) is 0 Å². The maximum Gasteiger partial charge on any atom is 0.326 e. The van der Waals surface area contributed by atoms with Gasteiger partial charge in [-0.25, -0.2) is 0 Å². The van der Waals surface area contributed by atoms with E-state index in [2.05, 4.69) is 19.6 Å². The van der Waals surface area contributed by atoms with Gasteiger partial charge < -0.3 is 8.85 Å². The summed E-state index contributed by atoms with van der Waals surface area (Å²) in [7, 11) is -0.133. The monoisotopic (exact) mass is 224 g/mol. The lowest BCUT2D eigenvalue weighted by molar-refractivity contribution is 0.268. The first-order valence-corrected chi connectivity index (χ1v) is 11.3. The van der Waals surface area contributed by atoms with Crippen LogP contribution >= 0.6 is 8.46 Å². The summed E-state index contributed by atoms with van der Waals surface area (Å²) >= 11 is 0. The molecule has 12 heavy (non-hydrogen) atoms. The Kier molecular flexibility index (Phi) is 4.80. The lowest BCUT2D eigenvalue weighted by atomic mass is 11.8. The molecule has 0 heterocycles. The first kappa shape index (κ1) is 12.5. The van der Waals surface area contributed by atoms with E-state index in [4.69, 9.17) is 8.85 Å². The normalized spacial score (nSPS) is 13.8. The number of hydrogen-bond acceptors (Lipinski definition) is 3. The molecular formula is C6H17O3PSi2. The predicted octanol–water partition coefficient (Wildman–Crippen LogP) is 1.97. The average molecular weight is 224 g/mol. The second kappa shape index (κ2) is 4.62.